The van der Waals surface area contributed by atoms with Gasteiger partial charge in [0.15, 0.2) is 0 Å². The fourth-order valence-electron chi connectivity index (χ4n) is 1.74. The molecular weight excluding hydrogens is 246 g/mol. The van der Waals surface area contributed by atoms with Crippen LogP contribution in [0.3, 0.4) is 0 Å². The Hall–Kier alpha value is 0.140. The summed E-state index contributed by atoms with van der Waals surface area (Å²) in [6.07, 6.45) is 2.50. The molecule has 0 unspecified atom stereocenters. The van der Waals surface area contributed by atoms with Gasteiger partial charge < -0.3 is 0 Å². The Morgan fingerprint density at radius 2 is 2.46 bits per heavy atom. The first-order chi connectivity index (χ1) is 6.29. The summed E-state index contributed by atoms with van der Waals surface area (Å²) in [4.78, 5) is 3.93. The van der Waals surface area contributed by atoms with Crippen LogP contribution in [0.5, 0.6) is 0 Å². The van der Waals surface area contributed by atoms with E-state index in [1.807, 2.05) is 11.3 Å². The molecule has 3 heteroatoms. The average molecular weight is 259 g/mol. The van der Waals surface area contributed by atoms with Crippen LogP contribution in [0.2, 0.25) is 0 Å². The standard InChI is InChI=1S/C10H13BrNS/c1-2-12-5-3-4-8-6-10(11)13-9(8)7-12/h6H,1-5,7H2. The molecule has 0 amide bonds. The van der Waals surface area contributed by atoms with Crippen molar-refractivity contribution < 1.29 is 0 Å². The Balaban J connectivity index is 2.22. The van der Waals surface area contributed by atoms with Crippen LogP contribution in [-0.2, 0) is 13.0 Å². The Bertz CT molecular complexity index is 295. The van der Waals surface area contributed by atoms with Crippen molar-refractivity contribution in [3.63, 3.8) is 0 Å². The van der Waals surface area contributed by atoms with Crippen LogP contribution < -0.4 is 0 Å². The van der Waals surface area contributed by atoms with Crippen LogP contribution in [-0.4, -0.2) is 18.0 Å². The van der Waals surface area contributed by atoms with Gasteiger partial charge in [0, 0.05) is 11.4 Å². The first kappa shape index (κ1) is 9.69. The summed E-state index contributed by atoms with van der Waals surface area (Å²) in [6.45, 7) is 7.16. The summed E-state index contributed by atoms with van der Waals surface area (Å²) in [6, 6.07) is 2.27. The van der Waals surface area contributed by atoms with Gasteiger partial charge in [-0.1, -0.05) is 0 Å². The Labute approximate surface area is 91.9 Å². The van der Waals surface area contributed by atoms with Crippen LogP contribution in [0.25, 0.3) is 0 Å². The summed E-state index contributed by atoms with van der Waals surface area (Å²) in [5, 5.41) is 0. The Kier molecular flexibility index (Phi) is 3.06. The monoisotopic (exact) mass is 258 g/mol. The second-order valence-corrected chi connectivity index (χ2v) is 5.89. The fourth-order valence-corrected chi connectivity index (χ4v) is 3.58. The van der Waals surface area contributed by atoms with Crippen molar-refractivity contribution in [2.75, 3.05) is 13.1 Å². The van der Waals surface area contributed by atoms with Gasteiger partial charge in [-0.25, -0.2) is 0 Å². The quantitative estimate of drug-likeness (QED) is 0.749. The van der Waals surface area contributed by atoms with Gasteiger partial charge in [-0.05, 0) is 60.4 Å². The van der Waals surface area contributed by atoms with E-state index in [0.29, 0.717) is 0 Å². The zero-order valence-electron chi connectivity index (χ0n) is 7.55. The largest absolute Gasteiger partial charge is 0.298 e. The Morgan fingerprint density at radius 1 is 1.62 bits per heavy atom. The molecule has 0 saturated heterocycles. The van der Waals surface area contributed by atoms with E-state index in [1.165, 1.54) is 33.6 Å². The maximum absolute atomic E-state index is 3.95. The highest BCUT2D eigenvalue weighted by Gasteiger charge is 2.15. The molecule has 0 saturated carbocycles. The van der Waals surface area contributed by atoms with Crippen LogP contribution in [0, 0.1) is 6.92 Å². The third kappa shape index (κ3) is 2.14. The topological polar surface area (TPSA) is 3.24 Å². The van der Waals surface area contributed by atoms with Crippen LogP contribution in [0.1, 0.15) is 16.9 Å². The lowest BCUT2D eigenvalue weighted by Gasteiger charge is -2.16. The lowest BCUT2D eigenvalue weighted by Crippen LogP contribution is -2.22. The van der Waals surface area contributed by atoms with Gasteiger partial charge >= 0.3 is 0 Å². The highest BCUT2D eigenvalue weighted by molar-refractivity contribution is 9.11. The second kappa shape index (κ2) is 4.11. The molecule has 0 fully saturated rings. The summed E-state index contributed by atoms with van der Waals surface area (Å²) < 4.78 is 1.27. The zero-order chi connectivity index (χ0) is 9.26. The molecule has 0 aliphatic carbocycles. The third-order valence-electron chi connectivity index (χ3n) is 2.47. The molecule has 0 aromatic carbocycles. The van der Waals surface area contributed by atoms with E-state index in [-0.39, 0.29) is 0 Å². The third-order valence-corrected chi connectivity index (χ3v) is 4.14. The highest BCUT2D eigenvalue weighted by Crippen LogP contribution is 2.30. The predicted molar refractivity (Wildman–Crippen MR) is 61.0 cm³/mol. The molecule has 1 aromatic heterocycles. The Morgan fingerprint density at radius 3 is 3.23 bits per heavy atom. The second-order valence-electron chi connectivity index (χ2n) is 3.38. The average Bonchev–Trinajstić information content (AvgIpc) is 2.33. The fraction of sp³-hybridized carbons (Fsp3) is 0.500. The SMILES string of the molecule is [CH2]CN1CCCc2cc(Br)sc2C1. The zero-order valence-corrected chi connectivity index (χ0v) is 9.96. The van der Waals surface area contributed by atoms with Crippen molar-refractivity contribution in [2.45, 2.75) is 19.4 Å². The van der Waals surface area contributed by atoms with Crippen molar-refractivity contribution in [1.82, 2.24) is 4.90 Å². The van der Waals surface area contributed by atoms with Gasteiger partial charge in [0.25, 0.3) is 0 Å². The predicted octanol–water partition coefficient (Wildman–Crippen LogP) is 3.09. The number of hydrogen-bond acceptors (Lipinski definition) is 2. The molecule has 2 rings (SSSR count). The number of fused-ring (bicyclic) bond motifs is 1. The number of hydrogen-bond donors (Lipinski definition) is 0. The number of thiophene rings is 1. The van der Waals surface area contributed by atoms with E-state index in [1.54, 1.807) is 0 Å². The van der Waals surface area contributed by atoms with Crippen molar-refractivity contribution in [3.05, 3.63) is 27.2 Å². The smallest absolute Gasteiger partial charge is 0.0704 e. The van der Waals surface area contributed by atoms with E-state index < -0.39 is 0 Å². The van der Waals surface area contributed by atoms with Gasteiger partial charge in [-0.2, -0.15) is 0 Å². The minimum atomic E-state index is 0.926. The van der Waals surface area contributed by atoms with E-state index in [4.69, 9.17) is 0 Å². The molecule has 0 bridgehead atoms. The number of rotatable bonds is 1. The molecule has 1 aliphatic heterocycles. The maximum atomic E-state index is 3.95. The molecule has 71 valence electrons. The van der Waals surface area contributed by atoms with Crippen molar-refractivity contribution in [3.8, 4) is 0 Å². The van der Waals surface area contributed by atoms with Crippen molar-refractivity contribution in [2.24, 2.45) is 0 Å². The van der Waals surface area contributed by atoms with E-state index in [9.17, 15) is 0 Å². The summed E-state index contributed by atoms with van der Waals surface area (Å²) >= 11 is 5.41. The molecule has 0 atom stereocenters. The molecule has 1 aromatic rings. The first-order valence-electron chi connectivity index (χ1n) is 4.58. The van der Waals surface area contributed by atoms with Gasteiger partial charge in [0.1, 0.15) is 0 Å². The molecule has 1 aliphatic rings. The first-order valence-corrected chi connectivity index (χ1v) is 6.19. The van der Waals surface area contributed by atoms with Crippen LogP contribution >= 0.6 is 27.3 Å². The van der Waals surface area contributed by atoms with E-state index >= 15 is 0 Å². The summed E-state index contributed by atoms with van der Waals surface area (Å²) in [7, 11) is 0. The number of nitrogens with zero attached hydrogens (tertiary/aromatic N) is 1. The molecule has 2 heterocycles. The molecule has 0 N–H and O–H groups in total. The molecular formula is C10H13BrNS. The summed E-state index contributed by atoms with van der Waals surface area (Å²) in [5.74, 6) is 0. The van der Waals surface area contributed by atoms with E-state index in [2.05, 4.69) is 33.8 Å². The van der Waals surface area contributed by atoms with Gasteiger partial charge in [0.2, 0.25) is 0 Å². The normalized spacial score (nSPS) is 18.3. The molecule has 13 heavy (non-hydrogen) atoms. The summed E-state index contributed by atoms with van der Waals surface area (Å²) in [5.41, 5.74) is 1.54. The lowest BCUT2D eigenvalue weighted by molar-refractivity contribution is 0.300. The minimum Gasteiger partial charge on any atom is -0.298 e. The van der Waals surface area contributed by atoms with E-state index in [0.717, 1.165) is 13.1 Å². The molecule has 0 spiro atoms. The van der Waals surface area contributed by atoms with Crippen molar-refractivity contribution in [1.29, 1.82) is 0 Å². The molecule has 1 radical (unpaired) electrons. The van der Waals surface area contributed by atoms with Gasteiger partial charge in [-0.15, -0.1) is 11.3 Å². The maximum Gasteiger partial charge on any atom is 0.0704 e. The highest BCUT2D eigenvalue weighted by atomic mass is 79.9. The van der Waals surface area contributed by atoms with Gasteiger partial charge in [0.05, 0.1) is 3.79 Å². The lowest BCUT2D eigenvalue weighted by atomic mass is 10.2. The van der Waals surface area contributed by atoms with Gasteiger partial charge in [-0.3, -0.25) is 4.90 Å². The minimum absolute atomic E-state index is 0.926. The van der Waals surface area contributed by atoms with Crippen LogP contribution in [0.15, 0.2) is 9.85 Å². The number of aryl methyl sites for hydroxylation is 1. The number of halogens is 1. The molecule has 1 nitrogen and oxygen atoms in total. The van der Waals surface area contributed by atoms with Crippen LogP contribution in [0.4, 0.5) is 0 Å². The van der Waals surface area contributed by atoms with Crippen molar-refractivity contribution >= 4 is 27.3 Å².